The van der Waals surface area contributed by atoms with Gasteiger partial charge in [-0.3, -0.25) is 14.5 Å². The van der Waals surface area contributed by atoms with E-state index in [0.29, 0.717) is 18.9 Å². The van der Waals surface area contributed by atoms with Crippen molar-refractivity contribution in [2.45, 2.75) is 37.6 Å². The number of carbonyl (C=O) groups excluding carboxylic acids is 2. The van der Waals surface area contributed by atoms with Crippen LogP contribution in [-0.4, -0.2) is 28.8 Å². The standard InChI is InChI=1S/C16H20N2O2S/c1-4-11-14(19)17(9-10(2)3)16-18(15(11)20)12-7-5-6-8-13(12)21-16/h5-8,10-11,16H,4,9H2,1-3H3. The fourth-order valence-corrected chi connectivity index (χ4v) is 4.29. The lowest BCUT2D eigenvalue weighted by molar-refractivity contribution is -0.147. The Morgan fingerprint density at radius 3 is 2.57 bits per heavy atom. The van der Waals surface area contributed by atoms with Crippen molar-refractivity contribution in [1.82, 2.24) is 4.90 Å². The number of thioether (sulfide) groups is 1. The maximum Gasteiger partial charge on any atom is 0.241 e. The Hall–Kier alpha value is -1.49. The summed E-state index contributed by atoms with van der Waals surface area (Å²) >= 11 is 1.60. The van der Waals surface area contributed by atoms with Gasteiger partial charge in [-0.25, -0.2) is 0 Å². The lowest BCUT2D eigenvalue weighted by atomic mass is 9.99. The minimum atomic E-state index is -0.535. The number of rotatable bonds is 3. The topological polar surface area (TPSA) is 40.6 Å². The maximum atomic E-state index is 12.7. The summed E-state index contributed by atoms with van der Waals surface area (Å²) in [6.07, 6.45) is 0.558. The Morgan fingerprint density at radius 2 is 1.90 bits per heavy atom. The van der Waals surface area contributed by atoms with Gasteiger partial charge in [-0.2, -0.15) is 0 Å². The number of para-hydroxylation sites is 1. The lowest BCUT2D eigenvalue weighted by Crippen LogP contribution is -2.61. The number of amides is 2. The zero-order chi connectivity index (χ0) is 15.1. The quantitative estimate of drug-likeness (QED) is 0.806. The zero-order valence-corrected chi connectivity index (χ0v) is 13.4. The molecule has 112 valence electrons. The first-order valence-electron chi connectivity index (χ1n) is 7.43. The average Bonchev–Trinajstić information content (AvgIpc) is 2.83. The third-order valence-electron chi connectivity index (χ3n) is 3.93. The molecule has 0 saturated carbocycles. The van der Waals surface area contributed by atoms with Gasteiger partial charge < -0.3 is 4.90 Å². The molecule has 2 heterocycles. The van der Waals surface area contributed by atoms with E-state index in [1.807, 2.05) is 41.0 Å². The third kappa shape index (κ3) is 2.24. The highest BCUT2D eigenvalue weighted by atomic mass is 32.2. The number of carbonyl (C=O) groups is 2. The summed E-state index contributed by atoms with van der Waals surface area (Å²) in [5.41, 5.74) is 0.727. The van der Waals surface area contributed by atoms with Crippen LogP contribution < -0.4 is 4.90 Å². The van der Waals surface area contributed by atoms with Crippen molar-refractivity contribution in [3.05, 3.63) is 24.3 Å². The molecule has 21 heavy (non-hydrogen) atoms. The smallest absolute Gasteiger partial charge is 0.241 e. The van der Waals surface area contributed by atoms with E-state index in [9.17, 15) is 9.59 Å². The van der Waals surface area contributed by atoms with E-state index in [0.717, 1.165) is 10.6 Å². The molecule has 4 nitrogen and oxygen atoms in total. The molecule has 0 bridgehead atoms. The van der Waals surface area contributed by atoms with E-state index in [2.05, 4.69) is 13.8 Å². The van der Waals surface area contributed by atoms with Gasteiger partial charge >= 0.3 is 0 Å². The van der Waals surface area contributed by atoms with Crippen molar-refractivity contribution in [3.8, 4) is 0 Å². The summed E-state index contributed by atoms with van der Waals surface area (Å²) in [5, 5.41) is 0. The number of benzene rings is 1. The summed E-state index contributed by atoms with van der Waals surface area (Å²) in [4.78, 5) is 30.1. The van der Waals surface area contributed by atoms with Crippen LogP contribution in [0, 0.1) is 11.8 Å². The number of nitrogens with zero attached hydrogens (tertiary/aromatic N) is 2. The Morgan fingerprint density at radius 1 is 1.19 bits per heavy atom. The van der Waals surface area contributed by atoms with Crippen molar-refractivity contribution < 1.29 is 9.59 Å². The normalized spacial score (nSPS) is 24.6. The second-order valence-electron chi connectivity index (χ2n) is 5.97. The highest BCUT2D eigenvalue weighted by Gasteiger charge is 2.49. The van der Waals surface area contributed by atoms with Gasteiger partial charge in [0.1, 0.15) is 5.92 Å². The Balaban J connectivity index is 2.03. The van der Waals surface area contributed by atoms with Gasteiger partial charge in [0.2, 0.25) is 11.8 Å². The molecule has 0 aliphatic carbocycles. The minimum absolute atomic E-state index is 0.0160. The maximum absolute atomic E-state index is 12.7. The van der Waals surface area contributed by atoms with Gasteiger partial charge in [-0.1, -0.05) is 44.7 Å². The third-order valence-corrected chi connectivity index (χ3v) is 5.21. The molecule has 2 atom stereocenters. The van der Waals surface area contributed by atoms with Crippen molar-refractivity contribution in [2.24, 2.45) is 11.8 Å². The van der Waals surface area contributed by atoms with Crippen LogP contribution in [-0.2, 0) is 9.59 Å². The van der Waals surface area contributed by atoms with E-state index in [1.165, 1.54) is 0 Å². The molecular weight excluding hydrogens is 284 g/mol. The molecule has 2 amide bonds. The van der Waals surface area contributed by atoms with Crippen LogP contribution >= 0.6 is 11.8 Å². The molecule has 0 spiro atoms. The highest BCUT2D eigenvalue weighted by Crippen LogP contribution is 2.47. The van der Waals surface area contributed by atoms with E-state index in [-0.39, 0.29) is 17.3 Å². The summed E-state index contributed by atoms with van der Waals surface area (Å²) in [6.45, 7) is 6.79. The Labute approximate surface area is 129 Å². The predicted octanol–water partition coefficient (Wildman–Crippen LogP) is 2.93. The molecule has 1 fully saturated rings. The van der Waals surface area contributed by atoms with Crippen LogP contribution in [0.3, 0.4) is 0 Å². The van der Waals surface area contributed by atoms with Gasteiger partial charge in [0, 0.05) is 11.4 Å². The van der Waals surface area contributed by atoms with E-state index >= 15 is 0 Å². The van der Waals surface area contributed by atoms with Crippen molar-refractivity contribution in [3.63, 3.8) is 0 Å². The molecule has 1 aromatic carbocycles. The largest absolute Gasteiger partial charge is 0.312 e. The van der Waals surface area contributed by atoms with Gasteiger partial charge in [0.15, 0.2) is 5.50 Å². The molecular formula is C16H20N2O2S. The first kappa shape index (κ1) is 14.4. The second-order valence-corrected chi connectivity index (χ2v) is 7.06. The molecule has 1 saturated heterocycles. The number of hydrogen-bond acceptors (Lipinski definition) is 3. The molecule has 2 unspecified atom stereocenters. The summed E-state index contributed by atoms with van der Waals surface area (Å²) in [7, 11) is 0. The minimum Gasteiger partial charge on any atom is -0.312 e. The second kappa shape index (κ2) is 5.37. The van der Waals surface area contributed by atoms with Crippen LogP contribution in [0.15, 0.2) is 29.2 Å². The molecule has 2 aliphatic rings. The summed E-state index contributed by atoms with van der Waals surface area (Å²) in [6, 6.07) is 7.90. The Kier molecular flexibility index (Phi) is 3.69. The van der Waals surface area contributed by atoms with E-state index in [1.54, 1.807) is 11.8 Å². The molecule has 0 N–H and O–H groups in total. The van der Waals surface area contributed by atoms with E-state index in [4.69, 9.17) is 0 Å². The van der Waals surface area contributed by atoms with Crippen LogP contribution in [0.2, 0.25) is 0 Å². The molecule has 0 radical (unpaired) electrons. The SMILES string of the molecule is CCC1C(=O)N(CC(C)C)C2Sc3ccccc3N2C1=O. The zero-order valence-electron chi connectivity index (χ0n) is 12.6. The van der Waals surface area contributed by atoms with Crippen molar-refractivity contribution in [2.75, 3.05) is 11.4 Å². The number of hydrogen-bond donors (Lipinski definition) is 0. The van der Waals surface area contributed by atoms with Crippen LogP contribution in [0.25, 0.3) is 0 Å². The average molecular weight is 304 g/mol. The van der Waals surface area contributed by atoms with Gasteiger partial charge in [0.05, 0.1) is 5.69 Å². The predicted molar refractivity (Wildman–Crippen MR) is 83.9 cm³/mol. The van der Waals surface area contributed by atoms with Gasteiger partial charge in [0.25, 0.3) is 0 Å². The fourth-order valence-electron chi connectivity index (χ4n) is 2.98. The van der Waals surface area contributed by atoms with Crippen LogP contribution in [0.5, 0.6) is 0 Å². The fraction of sp³-hybridized carbons (Fsp3) is 0.500. The summed E-state index contributed by atoms with van der Waals surface area (Å²) < 4.78 is 0. The van der Waals surface area contributed by atoms with Crippen molar-refractivity contribution >= 4 is 29.3 Å². The van der Waals surface area contributed by atoms with Crippen LogP contribution in [0.4, 0.5) is 5.69 Å². The number of anilines is 1. The first-order chi connectivity index (χ1) is 10.0. The van der Waals surface area contributed by atoms with E-state index < -0.39 is 5.92 Å². The number of fused-ring (bicyclic) bond motifs is 3. The Bertz CT molecular complexity index is 587. The lowest BCUT2D eigenvalue weighted by Gasteiger charge is -2.42. The summed E-state index contributed by atoms with van der Waals surface area (Å²) in [5.74, 6) is -0.222. The highest BCUT2D eigenvalue weighted by molar-refractivity contribution is 8.00. The molecule has 3 rings (SSSR count). The molecule has 5 heteroatoms. The van der Waals surface area contributed by atoms with Crippen molar-refractivity contribution in [1.29, 1.82) is 0 Å². The monoisotopic (exact) mass is 304 g/mol. The van der Waals surface area contributed by atoms with Crippen LogP contribution in [0.1, 0.15) is 27.2 Å². The first-order valence-corrected chi connectivity index (χ1v) is 8.31. The molecule has 0 aromatic heterocycles. The molecule has 1 aromatic rings. The van der Waals surface area contributed by atoms with Gasteiger partial charge in [-0.15, -0.1) is 0 Å². The van der Waals surface area contributed by atoms with Gasteiger partial charge in [-0.05, 0) is 24.5 Å². The molecule has 2 aliphatic heterocycles.